The van der Waals surface area contributed by atoms with Crippen LogP contribution in [0.1, 0.15) is 0 Å². The smallest absolute Gasteiger partial charge is 0.216 e. The Kier molecular flexibility index (Phi) is 2.43. The second-order valence-electron chi connectivity index (χ2n) is 2.89. The average molecular weight is 245 g/mol. The monoisotopic (exact) mass is 245 g/mol. The van der Waals surface area contributed by atoms with Gasteiger partial charge in [0.25, 0.3) is 0 Å². The van der Waals surface area contributed by atoms with Gasteiger partial charge in [-0.05, 0) is 12.1 Å². The van der Waals surface area contributed by atoms with Gasteiger partial charge in [0.15, 0.2) is 0 Å². The lowest BCUT2D eigenvalue weighted by Crippen LogP contribution is -1.97. The first kappa shape index (κ1) is 10.7. The first-order valence-electron chi connectivity index (χ1n) is 4.10. The minimum Gasteiger partial charge on any atom is -0.216 e. The molecule has 1 heterocycles. The van der Waals surface area contributed by atoms with E-state index in [2.05, 4.69) is 10.3 Å². The molecule has 5 nitrogen and oxygen atoms in total. The van der Waals surface area contributed by atoms with E-state index in [0.717, 1.165) is 10.9 Å². The van der Waals surface area contributed by atoms with Gasteiger partial charge in [-0.25, -0.2) is 9.07 Å². The zero-order valence-electron chi connectivity index (χ0n) is 7.71. The Morgan fingerprint density at radius 2 is 1.94 bits per heavy atom. The predicted octanol–water partition coefficient (Wildman–Crippen LogP) is 1.06. The molecule has 0 bridgehead atoms. The molecule has 1 aromatic heterocycles. The van der Waals surface area contributed by atoms with Crippen molar-refractivity contribution < 1.29 is 16.7 Å². The van der Waals surface area contributed by atoms with E-state index in [1.165, 1.54) is 24.3 Å². The topological polar surface area (TPSA) is 64.8 Å². The number of hydrogen-bond donors (Lipinski definition) is 0. The van der Waals surface area contributed by atoms with Crippen LogP contribution in [0, 0.1) is 5.82 Å². The summed E-state index contributed by atoms with van der Waals surface area (Å²) < 4.78 is 47.6. The van der Waals surface area contributed by atoms with Crippen LogP contribution in [0.5, 0.6) is 0 Å². The van der Waals surface area contributed by atoms with Crippen molar-refractivity contribution in [3.8, 4) is 5.69 Å². The lowest BCUT2D eigenvalue weighted by molar-refractivity contribution is 0.547. The van der Waals surface area contributed by atoms with Gasteiger partial charge in [0.1, 0.15) is 11.5 Å². The average Bonchev–Trinajstić information content (AvgIpc) is 2.66. The highest BCUT2D eigenvalue weighted by Gasteiger charge is 2.18. The molecule has 0 N–H and O–H groups in total. The van der Waals surface area contributed by atoms with Gasteiger partial charge < -0.3 is 0 Å². The molecule has 0 atom stereocenters. The number of para-hydroxylation sites is 1. The van der Waals surface area contributed by atoms with Gasteiger partial charge in [0.2, 0.25) is 5.03 Å². The Balaban J connectivity index is 2.52. The number of nitrogens with zero attached hydrogens (tertiary/aromatic N) is 3. The fraction of sp³-hybridized carbons (Fsp3) is 0. The van der Waals surface area contributed by atoms with Crippen molar-refractivity contribution in [2.24, 2.45) is 0 Å². The van der Waals surface area contributed by atoms with Gasteiger partial charge in [-0.2, -0.15) is 8.42 Å². The van der Waals surface area contributed by atoms with E-state index < -0.39 is 21.1 Å². The van der Waals surface area contributed by atoms with Crippen LogP contribution in [0.15, 0.2) is 35.5 Å². The lowest BCUT2D eigenvalue weighted by Gasteiger charge is -1.99. The Morgan fingerprint density at radius 3 is 2.50 bits per heavy atom. The summed E-state index contributed by atoms with van der Waals surface area (Å²) >= 11 is 0. The molecular formula is C8H5F2N3O2S. The fourth-order valence-corrected chi connectivity index (χ4v) is 1.48. The van der Waals surface area contributed by atoms with E-state index in [9.17, 15) is 16.7 Å². The molecule has 1 aromatic carbocycles. The molecule has 8 heteroatoms. The summed E-state index contributed by atoms with van der Waals surface area (Å²) in [7, 11) is -4.92. The van der Waals surface area contributed by atoms with Crippen LogP contribution < -0.4 is 0 Å². The molecule has 0 aliphatic carbocycles. The first-order chi connectivity index (χ1) is 7.48. The molecule has 0 spiro atoms. The molecule has 0 amide bonds. The van der Waals surface area contributed by atoms with Crippen molar-refractivity contribution >= 4 is 10.2 Å². The Bertz CT molecular complexity index is 624. The summed E-state index contributed by atoms with van der Waals surface area (Å²) in [5.74, 6) is -0.616. The summed E-state index contributed by atoms with van der Waals surface area (Å²) in [5.41, 5.74) is -0.00935. The number of hydrogen-bond acceptors (Lipinski definition) is 4. The molecular weight excluding hydrogens is 240 g/mol. The zero-order chi connectivity index (χ0) is 11.8. The summed E-state index contributed by atoms with van der Waals surface area (Å²) in [6.07, 6.45) is 0.799. The van der Waals surface area contributed by atoms with Crippen LogP contribution in [0.2, 0.25) is 0 Å². The third-order valence-corrected chi connectivity index (χ3v) is 2.51. The molecule has 0 radical (unpaired) electrons. The number of aromatic nitrogens is 3. The lowest BCUT2D eigenvalue weighted by atomic mass is 10.3. The Labute approximate surface area is 89.5 Å². The number of halogens is 2. The minimum absolute atomic E-state index is 0.00935. The summed E-state index contributed by atoms with van der Waals surface area (Å²) in [5, 5.41) is 5.56. The highest BCUT2D eigenvalue weighted by atomic mass is 32.3. The minimum atomic E-state index is -4.92. The van der Waals surface area contributed by atoms with Crippen molar-refractivity contribution in [2.45, 2.75) is 5.03 Å². The second-order valence-corrected chi connectivity index (χ2v) is 4.18. The molecule has 0 saturated carbocycles. The van der Waals surface area contributed by atoms with Crippen molar-refractivity contribution in [1.82, 2.24) is 15.0 Å². The first-order valence-corrected chi connectivity index (χ1v) is 5.49. The third-order valence-electron chi connectivity index (χ3n) is 1.82. The summed E-state index contributed by atoms with van der Waals surface area (Å²) in [4.78, 5) is 0. The van der Waals surface area contributed by atoms with Crippen molar-refractivity contribution in [2.75, 3.05) is 0 Å². The molecule has 0 aliphatic rings. The molecule has 0 fully saturated rings. The van der Waals surface area contributed by atoms with E-state index in [4.69, 9.17) is 0 Å². The molecule has 2 rings (SSSR count). The molecule has 16 heavy (non-hydrogen) atoms. The molecule has 84 valence electrons. The van der Waals surface area contributed by atoms with Crippen molar-refractivity contribution in [1.29, 1.82) is 0 Å². The number of benzene rings is 1. The van der Waals surface area contributed by atoms with E-state index in [1.807, 2.05) is 0 Å². The fourth-order valence-electron chi connectivity index (χ4n) is 1.12. The van der Waals surface area contributed by atoms with Crippen molar-refractivity contribution in [3.05, 3.63) is 36.3 Å². The normalized spacial score (nSPS) is 11.6. The van der Waals surface area contributed by atoms with Crippen LogP contribution in [0.25, 0.3) is 5.69 Å². The summed E-state index contributed by atoms with van der Waals surface area (Å²) in [6.45, 7) is 0. The Hall–Kier alpha value is -1.83. The largest absolute Gasteiger partial charge is 0.353 e. The van der Waals surface area contributed by atoms with Crippen LogP contribution in [0.3, 0.4) is 0 Å². The van der Waals surface area contributed by atoms with Crippen LogP contribution in [-0.2, 0) is 10.2 Å². The highest BCUT2D eigenvalue weighted by Crippen LogP contribution is 2.14. The van der Waals surface area contributed by atoms with Crippen molar-refractivity contribution in [3.63, 3.8) is 0 Å². The Morgan fingerprint density at radius 1 is 1.25 bits per heavy atom. The SMILES string of the molecule is O=S(=O)(F)c1cn(-c2ccccc2F)nn1. The third kappa shape index (κ3) is 1.91. The molecule has 0 saturated heterocycles. The van der Waals surface area contributed by atoms with Gasteiger partial charge in [-0.1, -0.05) is 21.2 Å². The van der Waals surface area contributed by atoms with E-state index >= 15 is 0 Å². The van der Waals surface area contributed by atoms with Crippen LogP contribution in [0.4, 0.5) is 8.28 Å². The standard InChI is InChI=1S/C8H5F2N3O2S/c9-6-3-1-2-4-7(6)13-5-8(11-12-13)16(10,14)15/h1-5H. The van der Waals surface area contributed by atoms with Gasteiger partial charge in [-0.3, -0.25) is 0 Å². The van der Waals surface area contributed by atoms with Crippen LogP contribution in [-0.4, -0.2) is 23.4 Å². The molecule has 2 aromatic rings. The quantitative estimate of drug-likeness (QED) is 0.742. The number of rotatable bonds is 2. The van der Waals surface area contributed by atoms with Crippen LogP contribution >= 0.6 is 0 Å². The van der Waals surface area contributed by atoms with E-state index in [-0.39, 0.29) is 5.69 Å². The zero-order valence-corrected chi connectivity index (χ0v) is 8.53. The maximum Gasteiger partial charge on any atom is 0.353 e. The predicted molar refractivity (Wildman–Crippen MR) is 49.6 cm³/mol. The second kappa shape index (κ2) is 3.63. The molecule has 0 aliphatic heterocycles. The van der Waals surface area contributed by atoms with Gasteiger partial charge >= 0.3 is 10.2 Å². The van der Waals surface area contributed by atoms with Gasteiger partial charge in [0, 0.05) is 0 Å². The summed E-state index contributed by atoms with van der Waals surface area (Å²) in [6, 6.07) is 5.52. The van der Waals surface area contributed by atoms with E-state index in [0.29, 0.717) is 0 Å². The maximum atomic E-state index is 13.2. The van der Waals surface area contributed by atoms with Gasteiger partial charge in [0.05, 0.1) is 6.20 Å². The van der Waals surface area contributed by atoms with E-state index in [1.54, 1.807) is 0 Å². The maximum absolute atomic E-state index is 13.2. The highest BCUT2D eigenvalue weighted by molar-refractivity contribution is 7.86. The van der Waals surface area contributed by atoms with Gasteiger partial charge in [-0.15, -0.1) is 5.10 Å². The molecule has 0 unspecified atom stereocenters.